The molecule has 3 heterocycles. The fraction of sp³-hybridized carbons (Fsp3) is 0.368. The predicted octanol–water partition coefficient (Wildman–Crippen LogP) is 3.57. The van der Waals surface area contributed by atoms with E-state index >= 15 is 0 Å². The van der Waals surface area contributed by atoms with Gasteiger partial charge in [0.2, 0.25) is 0 Å². The van der Waals surface area contributed by atoms with Crippen LogP contribution >= 0.6 is 0 Å². The predicted molar refractivity (Wildman–Crippen MR) is 96.7 cm³/mol. The molecule has 0 bridgehead atoms. The molecule has 0 spiro atoms. The van der Waals surface area contributed by atoms with E-state index < -0.39 is 5.82 Å². The van der Waals surface area contributed by atoms with Gasteiger partial charge in [-0.25, -0.2) is 9.18 Å². The summed E-state index contributed by atoms with van der Waals surface area (Å²) in [6, 6.07) is 6.71. The molecule has 142 valence electrons. The number of nitrogens with zero attached hydrogens (tertiary/aromatic N) is 2. The van der Waals surface area contributed by atoms with Gasteiger partial charge in [0.25, 0.3) is 0 Å². The van der Waals surface area contributed by atoms with Crippen molar-refractivity contribution in [1.29, 1.82) is 0 Å². The molecule has 3 aromatic rings. The van der Waals surface area contributed by atoms with Crippen LogP contribution in [0, 0.1) is 5.82 Å². The van der Waals surface area contributed by atoms with Gasteiger partial charge in [0.1, 0.15) is 18.6 Å². The van der Waals surface area contributed by atoms with Crippen LogP contribution in [0.5, 0.6) is 5.75 Å². The van der Waals surface area contributed by atoms with Gasteiger partial charge in [0, 0.05) is 41.3 Å². The van der Waals surface area contributed by atoms with Crippen LogP contribution in [0.1, 0.15) is 31.2 Å². The zero-order valence-corrected chi connectivity index (χ0v) is 15.0. The molecular weight excluding hydrogens is 351 g/mol. The summed E-state index contributed by atoms with van der Waals surface area (Å²) in [7, 11) is 0. The molecule has 4 rings (SSSR count). The number of likely N-dealkylation sites (tertiary alicyclic amines) is 1. The molecule has 2 amide bonds. The first kappa shape index (κ1) is 17.4. The van der Waals surface area contributed by atoms with Gasteiger partial charge in [-0.1, -0.05) is 5.16 Å². The van der Waals surface area contributed by atoms with Gasteiger partial charge in [0.05, 0.1) is 6.54 Å². The lowest BCUT2D eigenvalue weighted by Gasteiger charge is -2.21. The third-order valence-corrected chi connectivity index (χ3v) is 4.84. The fourth-order valence-corrected chi connectivity index (χ4v) is 3.37. The first-order chi connectivity index (χ1) is 13.1. The second-order valence-electron chi connectivity index (χ2n) is 6.79. The maximum absolute atomic E-state index is 14.3. The lowest BCUT2D eigenvalue weighted by atomic mass is 10.2. The molecule has 1 aliphatic rings. The van der Waals surface area contributed by atoms with E-state index in [9.17, 15) is 9.18 Å². The summed E-state index contributed by atoms with van der Waals surface area (Å²) in [5.74, 6) is -0.319. The van der Waals surface area contributed by atoms with Gasteiger partial charge < -0.3 is 24.5 Å². The number of urea groups is 1. The number of nitrogens with one attached hydrogen (secondary N) is 2. The number of rotatable bonds is 5. The first-order valence-electron chi connectivity index (χ1n) is 8.98. The Kier molecular flexibility index (Phi) is 4.70. The molecule has 27 heavy (non-hydrogen) atoms. The number of benzene rings is 1. The highest BCUT2D eigenvalue weighted by molar-refractivity contribution is 5.82. The minimum Gasteiger partial charge on any atom is -0.484 e. The SMILES string of the molecule is C[C@H]1CCCN1C(=O)NCc1cc2cc(F)c(OCc3ccon3)cc2[nH]1. The Balaban J connectivity index is 1.43. The van der Waals surface area contributed by atoms with E-state index in [1.54, 1.807) is 12.1 Å². The van der Waals surface area contributed by atoms with Crippen molar-refractivity contribution in [3.8, 4) is 5.75 Å². The summed E-state index contributed by atoms with van der Waals surface area (Å²) in [5.41, 5.74) is 2.13. The van der Waals surface area contributed by atoms with Crippen LogP contribution in [-0.4, -0.2) is 33.7 Å². The second kappa shape index (κ2) is 7.30. The van der Waals surface area contributed by atoms with Crippen LogP contribution in [0.25, 0.3) is 10.9 Å². The number of carbonyl (C=O) groups excluding carboxylic acids is 1. The van der Waals surface area contributed by atoms with E-state index in [0.29, 0.717) is 12.2 Å². The lowest BCUT2D eigenvalue weighted by molar-refractivity contribution is 0.195. The van der Waals surface area contributed by atoms with Gasteiger partial charge in [0.15, 0.2) is 11.6 Å². The third-order valence-electron chi connectivity index (χ3n) is 4.84. The number of hydrogen-bond acceptors (Lipinski definition) is 4. The van der Waals surface area contributed by atoms with Crippen LogP contribution in [0.4, 0.5) is 9.18 Å². The molecule has 1 saturated heterocycles. The van der Waals surface area contributed by atoms with Crippen molar-refractivity contribution in [3.05, 3.63) is 47.7 Å². The summed E-state index contributed by atoms with van der Waals surface area (Å²) in [5, 5.41) is 7.37. The highest BCUT2D eigenvalue weighted by atomic mass is 19.1. The van der Waals surface area contributed by atoms with Crippen molar-refractivity contribution in [2.75, 3.05) is 6.54 Å². The number of amides is 2. The number of aromatic nitrogens is 2. The monoisotopic (exact) mass is 372 g/mol. The molecule has 2 N–H and O–H groups in total. The number of H-pyrrole nitrogens is 1. The van der Waals surface area contributed by atoms with Crippen molar-refractivity contribution in [3.63, 3.8) is 0 Å². The van der Waals surface area contributed by atoms with E-state index in [4.69, 9.17) is 9.26 Å². The normalized spacial score (nSPS) is 16.8. The first-order valence-corrected chi connectivity index (χ1v) is 8.98. The Morgan fingerprint density at radius 3 is 3.11 bits per heavy atom. The average Bonchev–Trinajstić information content (AvgIpc) is 3.38. The Morgan fingerprint density at radius 1 is 1.48 bits per heavy atom. The lowest BCUT2D eigenvalue weighted by Crippen LogP contribution is -2.41. The molecule has 8 heteroatoms. The smallest absolute Gasteiger partial charge is 0.317 e. The maximum Gasteiger partial charge on any atom is 0.317 e. The van der Waals surface area contributed by atoms with Crippen molar-refractivity contribution in [1.82, 2.24) is 20.4 Å². The standard InChI is InChI=1S/C19H21FN4O3/c1-12-3-2-5-24(12)19(25)21-10-15-7-13-8-16(20)18(9-17(13)22-15)26-11-14-4-6-27-23-14/h4,6-9,12,22H,2-3,5,10-11H2,1H3,(H,21,25)/t12-/m0/s1. The molecule has 1 aromatic carbocycles. The van der Waals surface area contributed by atoms with Gasteiger partial charge in [-0.3, -0.25) is 0 Å². The van der Waals surface area contributed by atoms with Crippen LogP contribution in [0.15, 0.2) is 35.1 Å². The molecule has 2 aromatic heterocycles. The molecule has 0 aliphatic carbocycles. The molecular formula is C19H21FN4O3. The number of halogens is 1. The molecule has 1 aliphatic heterocycles. The van der Waals surface area contributed by atoms with E-state index in [0.717, 1.165) is 36.0 Å². The van der Waals surface area contributed by atoms with E-state index in [2.05, 4.69) is 22.4 Å². The van der Waals surface area contributed by atoms with Gasteiger partial charge >= 0.3 is 6.03 Å². The second-order valence-corrected chi connectivity index (χ2v) is 6.79. The van der Waals surface area contributed by atoms with E-state index in [-0.39, 0.29) is 24.4 Å². The molecule has 0 saturated carbocycles. The van der Waals surface area contributed by atoms with Gasteiger partial charge in [-0.05, 0) is 31.9 Å². The van der Waals surface area contributed by atoms with E-state index in [1.807, 2.05) is 11.0 Å². The van der Waals surface area contributed by atoms with Gasteiger partial charge in [-0.2, -0.15) is 0 Å². The van der Waals surface area contributed by atoms with Crippen LogP contribution in [-0.2, 0) is 13.2 Å². The summed E-state index contributed by atoms with van der Waals surface area (Å²) in [6.07, 6.45) is 3.51. The third kappa shape index (κ3) is 3.74. The molecule has 0 radical (unpaired) electrons. The number of carbonyl (C=O) groups is 1. The molecule has 0 unspecified atom stereocenters. The molecule has 1 atom stereocenters. The quantitative estimate of drug-likeness (QED) is 0.717. The Labute approximate surface area is 155 Å². The number of ether oxygens (including phenoxy) is 1. The summed E-state index contributed by atoms with van der Waals surface area (Å²) in [4.78, 5) is 17.3. The summed E-state index contributed by atoms with van der Waals surface area (Å²) < 4.78 is 24.5. The Bertz CT molecular complexity index is 938. The Morgan fingerprint density at radius 2 is 2.37 bits per heavy atom. The van der Waals surface area contributed by atoms with Crippen LogP contribution in [0.3, 0.4) is 0 Å². The van der Waals surface area contributed by atoms with Crippen molar-refractivity contribution < 1.29 is 18.4 Å². The van der Waals surface area contributed by atoms with Gasteiger partial charge in [-0.15, -0.1) is 0 Å². The van der Waals surface area contributed by atoms with Crippen molar-refractivity contribution in [2.24, 2.45) is 0 Å². The molecule has 1 fully saturated rings. The highest BCUT2D eigenvalue weighted by Gasteiger charge is 2.24. The van der Waals surface area contributed by atoms with E-state index in [1.165, 1.54) is 12.3 Å². The zero-order chi connectivity index (χ0) is 18.8. The molecule has 7 nitrogen and oxygen atoms in total. The summed E-state index contributed by atoms with van der Waals surface area (Å²) >= 11 is 0. The number of hydrogen-bond donors (Lipinski definition) is 2. The Hall–Kier alpha value is -3.03. The number of aromatic amines is 1. The van der Waals surface area contributed by atoms with Crippen molar-refractivity contribution in [2.45, 2.75) is 39.0 Å². The average molecular weight is 372 g/mol. The maximum atomic E-state index is 14.3. The fourth-order valence-electron chi connectivity index (χ4n) is 3.37. The minimum atomic E-state index is -0.452. The zero-order valence-electron chi connectivity index (χ0n) is 15.0. The minimum absolute atomic E-state index is 0.0681. The van der Waals surface area contributed by atoms with Crippen LogP contribution in [0.2, 0.25) is 0 Å². The largest absolute Gasteiger partial charge is 0.484 e. The van der Waals surface area contributed by atoms with Crippen LogP contribution < -0.4 is 10.1 Å². The highest BCUT2D eigenvalue weighted by Crippen LogP contribution is 2.26. The van der Waals surface area contributed by atoms with Crippen molar-refractivity contribution >= 4 is 16.9 Å². The number of fused-ring (bicyclic) bond motifs is 1. The summed E-state index contributed by atoms with van der Waals surface area (Å²) in [6.45, 7) is 3.32. The topological polar surface area (TPSA) is 83.4 Å².